The van der Waals surface area contributed by atoms with Gasteiger partial charge in [0.1, 0.15) is 0 Å². The Morgan fingerprint density at radius 2 is 1.65 bits per heavy atom. The van der Waals surface area contributed by atoms with Gasteiger partial charge < -0.3 is 5.73 Å². The van der Waals surface area contributed by atoms with E-state index in [9.17, 15) is 0 Å². The highest BCUT2D eigenvalue weighted by atomic mass is 15.3. The number of nitrogen functional groups attached to an aromatic ring is 1. The molecule has 1 fully saturated rings. The Morgan fingerprint density at radius 1 is 0.885 bits per heavy atom. The van der Waals surface area contributed by atoms with E-state index < -0.39 is 0 Å². The monoisotopic (exact) mass is 346 g/mol. The van der Waals surface area contributed by atoms with Gasteiger partial charge in [0.2, 0.25) is 5.95 Å². The van der Waals surface area contributed by atoms with Crippen LogP contribution in [0.5, 0.6) is 0 Å². The number of aromatic nitrogens is 5. The molecule has 0 unspecified atom stereocenters. The van der Waals surface area contributed by atoms with Crippen LogP contribution in [0.15, 0.2) is 49.1 Å². The lowest BCUT2D eigenvalue weighted by molar-refractivity contribution is 0.504. The highest BCUT2D eigenvalue weighted by molar-refractivity contribution is 5.86. The number of hydrogen-bond donors (Lipinski definition) is 1. The number of anilines is 1. The summed E-state index contributed by atoms with van der Waals surface area (Å²) < 4.78 is 1.71. The van der Waals surface area contributed by atoms with Crippen LogP contribution in [-0.4, -0.2) is 24.6 Å². The molecule has 0 amide bonds. The molecule has 4 aromatic rings. The first kappa shape index (κ1) is 16.4. The fourth-order valence-electron chi connectivity index (χ4n) is 3.33. The summed E-state index contributed by atoms with van der Waals surface area (Å²) in [6.07, 6.45) is 16.1. The molecule has 0 spiro atoms. The average molecular weight is 346 g/mol. The van der Waals surface area contributed by atoms with E-state index >= 15 is 0 Å². The van der Waals surface area contributed by atoms with Crippen LogP contribution in [0, 0.1) is 0 Å². The summed E-state index contributed by atoms with van der Waals surface area (Å²) >= 11 is 0. The molecule has 2 N–H and O–H groups in total. The first-order valence-electron chi connectivity index (χ1n) is 9.12. The molecule has 0 aliphatic heterocycles. The predicted octanol–water partition coefficient (Wildman–Crippen LogP) is 4.26. The minimum atomic E-state index is 0.250. The zero-order valence-electron chi connectivity index (χ0n) is 14.7. The molecule has 1 saturated carbocycles. The van der Waals surface area contributed by atoms with E-state index in [1.807, 2.05) is 24.4 Å². The molecule has 4 heterocycles. The van der Waals surface area contributed by atoms with E-state index in [1.165, 1.54) is 38.5 Å². The molecule has 0 radical (unpaired) electrons. The summed E-state index contributed by atoms with van der Waals surface area (Å²) in [5.74, 6) is 0.250. The topological polar surface area (TPSA) is 82.0 Å². The van der Waals surface area contributed by atoms with Crippen molar-refractivity contribution < 1.29 is 0 Å². The van der Waals surface area contributed by atoms with Gasteiger partial charge in [-0.2, -0.15) is 0 Å². The van der Waals surface area contributed by atoms with E-state index in [0.717, 1.165) is 27.7 Å². The molecular weight excluding hydrogens is 324 g/mol. The molecular formula is C20H22N6. The van der Waals surface area contributed by atoms with E-state index in [2.05, 4.69) is 26.1 Å². The van der Waals surface area contributed by atoms with Gasteiger partial charge in [-0.05, 0) is 24.3 Å². The van der Waals surface area contributed by atoms with Crippen molar-refractivity contribution in [3.63, 3.8) is 0 Å². The van der Waals surface area contributed by atoms with Crippen LogP contribution in [0.25, 0.3) is 27.7 Å². The molecule has 6 heteroatoms. The van der Waals surface area contributed by atoms with Gasteiger partial charge >= 0.3 is 0 Å². The molecule has 26 heavy (non-hydrogen) atoms. The van der Waals surface area contributed by atoms with Crippen LogP contribution in [0.2, 0.25) is 0 Å². The fraction of sp³-hybridized carbons (Fsp3) is 0.300. The normalized spacial score (nSPS) is 14.2. The number of rotatable bonds is 1. The Bertz CT molecular complexity index is 1010. The van der Waals surface area contributed by atoms with Crippen LogP contribution in [0.4, 0.5) is 5.95 Å². The van der Waals surface area contributed by atoms with E-state index in [-0.39, 0.29) is 5.95 Å². The molecule has 0 atom stereocenters. The average Bonchev–Trinajstić information content (AvgIpc) is 3.12. The maximum absolute atomic E-state index is 5.58. The lowest BCUT2D eigenvalue weighted by Gasteiger charge is -2.05. The summed E-state index contributed by atoms with van der Waals surface area (Å²) in [5, 5.41) is 5.14. The summed E-state index contributed by atoms with van der Waals surface area (Å²) in [7, 11) is 0. The minimum absolute atomic E-state index is 0.250. The van der Waals surface area contributed by atoms with Crippen LogP contribution < -0.4 is 5.73 Å². The van der Waals surface area contributed by atoms with Gasteiger partial charge in [-0.3, -0.25) is 0 Å². The molecule has 6 nitrogen and oxygen atoms in total. The lowest BCUT2D eigenvalue weighted by Crippen LogP contribution is -1.99. The molecule has 5 rings (SSSR count). The van der Waals surface area contributed by atoms with Crippen LogP contribution in [-0.2, 0) is 0 Å². The fourth-order valence-corrected chi connectivity index (χ4v) is 3.33. The molecule has 0 saturated heterocycles. The molecule has 132 valence electrons. The number of nitrogens with zero attached hydrogens (tertiary/aromatic N) is 5. The summed E-state index contributed by atoms with van der Waals surface area (Å²) in [4.78, 5) is 12.6. The smallest absolute Gasteiger partial charge is 0.238 e. The summed E-state index contributed by atoms with van der Waals surface area (Å²) in [6, 6.07) is 7.92. The highest BCUT2D eigenvalue weighted by Crippen LogP contribution is 2.26. The maximum Gasteiger partial charge on any atom is 0.238 e. The number of hydrogen-bond acceptors (Lipinski definition) is 5. The van der Waals surface area contributed by atoms with Crippen molar-refractivity contribution in [3.8, 4) is 11.1 Å². The Labute approximate surface area is 152 Å². The minimum Gasteiger partial charge on any atom is -0.367 e. The van der Waals surface area contributed by atoms with Crippen molar-refractivity contribution in [2.75, 3.05) is 5.73 Å². The van der Waals surface area contributed by atoms with Crippen LogP contribution in [0.3, 0.4) is 0 Å². The van der Waals surface area contributed by atoms with Gasteiger partial charge in [0, 0.05) is 35.1 Å². The Kier molecular flexibility index (Phi) is 4.73. The third kappa shape index (κ3) is 3.49. The highest BCUT2D eigenvalue weighted by Gasteiger charge is 2.08. The number of nitrogens with two attached hydrogens (primary N) is 1. The third-order valence-corrected chi connectivity index (χ3v) is 4.70. The third-order valence-electron chi connectivity index (χ3n) is 4.70. The molecule has 0 aromatic carbocycles. The predicted molar refractivity (Wildman–Crippen MR) is 104 cm³/mol. The second-order valence-electron chi connectivity index (χ2n) is 6.57. The Balaban J connectivity index is 0.000000240. The Hall–Kier alpha value is -3.02. The molecule has 1 aliphatic carbocycles. The largest absolute Gasteiger partial charge is 0.367 e. The second-order valence-corrected chi connectivity index (χ2v) is 6.57. The molecule has 0 bridgehead atoms. The SMILES string of the molecule is C1CCCCC1.Nc1ncc2c(-c3cnc4ncccc4c3)ccn2n1. The van der Waals surface area contributed by atoms with Gasteiger partial charge in [0.15, 0.2) is 5.65 Å². The van der Waals surface area contributed by atoms with Crippen molar-refractivity contribution >= 4 is 22.5 Å². The van der Waals surface area contributed by atoms with Crippen LogP contribution in [0.1, 0.15) is 38.5 Å². The van der Waals surface area contributed by atoms with Crippen molar-refractivity contribution in [1.82, 2.24) is 24.6 Å². The van der Waals surface area contributed by atoms with Gasteiger partial charge in [-0.25, -0.2) is 19.5 Å². The second kappa shape index (κ2) is 7.47. The van der Waals surface area contributed by atoms with Crippen molar-refractivity contribution in [1.29, 1.82) is 0 Å². The first-order valence-corrected chi connectivity index (χ1v) is 9.12. The molecule has 1 aliphatic rings. The molecule has 4 aromatic heterocycles. The zero-order valence-corrected chi connectivity index (χ0v) is 14.7. The van der Waals surface area contributed by atoms with Gasteiger partial charge in [0.25, 0.3) is 0 Å². The number of pyridine rings is 2. The first-order chi connectivity index (χ1) is 12.8. The van der Waals surface area contributed by atoms with Crippen molar-refractivity contribution in [2.24, 2.45) is 0 Å². The van der Waals surface area contributed by atoms with Crippen molar-refractivity contribution in [2.45, 2.75) is 38.5 Å². The van der Waals surface area contributed by atoms with Gasteiger partial charge in [-0.15, -0.1) is 5.10 Å². The summed E-state index contributed by atoms with van der Waals surface area (Å²) in [5.41, 5.74) is 9.23. The van der Waals surface area contributed by atoms with E-state index in [0.29, 0.717) is 0 Å². The Morgan fingerprint density at radius 3 is 2.42 bits per heavy atom. The van der Waals surface area contributed by atoms with Gasteiger partial charge in [-0.1, -0.05) is 38.5 Å². The maximum atomic E-state index is 5.58. The van der Waals surface area contributed by atoms with Crippen LogP contribution >= 0.6 is 0 Å². The lowest BCUT2D eigenvalue weighted by atomic mass is 10.0. The summed E-state index contributed by atoms with van der Waals surface area (Å²) in [6.45, 7) is 0. The van der Waals surface area contributed by atoms with Gasteiger partial charge in [0.05, 0.1) is 11.7 Å². The van der Waals surface area contributed by atoms with Crippen molar-refractivity contribution in [3.05, 3.63) is 49.1 Å². The standard InChI is InChI=1S/C14H10N6.C6H12/c15-14-18-8-12-11(3-5-20(12)19-14)10-6-9-2-1-4-16-13(9)17-7-10;1-2-4-6-5-3-1/h1-8H,(H2,15,19);1-6H2. The zero-order chi connectivity index (χ0) is 17.8. The van der Waals surface area contributed by atoms with E-state index in [1.54, 1.807) is 23.1 Å². The quantitative estimate of drug-likeness (QED) is 0.557. The number of fused-ring (bicyclic) bond motifs is 2. The van der Waals surface area contributed by atoms with E-state index in [4.69, 9.17) is 5.73 Å².